The number of hydrogen-bond donors (Lipinski definition) is 1. The molecule has 7 heteroatoms. The van der Waals surface area contributed by atoms with Crippen LogP contribution in [0.3, 0.4) is 0 Å². The van der Waals surface area contributed by atoms with E-state index in [-0.39, 0.29) is 11.7 Å². The first-order chi connectivity index (χ1) is 10.5. The first kappa shape index (κ1) is 17.3. The van der Waals surface area contributed by atoms with Crippen LogP contribution in [-0.4, -0.2) is 17.4 Å². The first-order valence-corrected chi connectivity index (χ1v) is 8.92. The van der Waals surface area contributed by atoms with Crippen LogP contribution in [0.4, 0.5) is 14.5 Å². The molecular formula is C15H12BrF2NOS2. The van der Waals surface area contributed by atoms with E-state index < -0.39 is 5.76 Å². The molecule has 0 atom stereocenters. The standard InChI is InChI=1S/C15H12BrF2NOS2/c16-10-5-7-11(8-6-10)21-9-14(20)19-12-3-1-2-4-13(12)22-15(17)18/h1-8,15H,9H2,(H,19,20). The van der Waals surface area contributed by atoms with E-state index in [0.717, 1.165) is 9.37 Å². The highest BCUT2D eigenvalue weighted by Crippen LogP contribution is 2.31. The van der Waals surface area contributed by atoms with Gasteiger partial charge in [-0.05, 0) is 36.4 Å². The average molecular weight is 404 g/mol. The van der Waals surface area contributed by atoms with Crippen molar-refractivity contribution in [2.24, 2.45) is 0 Å². The van der Waals surface area contributed by atoms with Gasteiger partial charge in [-0.1, -0.05) is 39.8 Å². The van der Waals surface area contributed by atoms with Crippen molar-refractivity contribution in [3.8, 4) is 0 Å². The van der Waals surface area contributed by atoms with Crippen LogP contribution in [0.15, 0.2) is 62.8 Å². The molecule has 2 rings (SSSR count). The number of amides is 1. The maximum atomic E-state index is 12.5. The van der Waals surface area contributed by atoms with Crippen LogP contribution >= 0.6 is 39.5 Å². The van der Waals surface area contributed by atoms with Crippen LogP contribution in [0, 0.1) is 0 Å². The lowest BCUT2D eigenvalue weighted by Crippen LogP contribution is -2.14. The second kappa shape index (κ2) is 8.55. The molecule has 0 bridgehead atoms. The van der Waals surface area contributed by atoms with Gasteiger partial charge in [0.2, 0.25) is 5.91 Å². The van der Waals surface area contributed by atoms with Gasteiger partial charge in [0, 0.05) is 14.3 Å². The number of alkyl halides is 2. The third kappa shape index (κ3) is 5.62. The number of carbonyl (C=O) groups is 1. The molecule has 1 amide bonds. The SMILES string of the molecule is O=C(CSc1ccc(Br)cc1)Nc1ccccc1SC(F)F. The molecule has 0 heterocycles. The Morgan fingerprint density at radius 1 is 1.14 bits per heavy atom. The van der Waals surface area contributed by atoms with E-state index in [0.29, 0.717) is 22.3 Å². The van der Waals surface area contributed by atoms with E-state index in [1.54, 1.807) is 24.3 Å². The number of hydrogen-bond acceptors (Lipinski definition) is 3. The fourth-order valence-corrected chi connectivity index (χ4v) is 3.19. The second-order valence-electron chi connectivity index (χ2n) is 4.17. The number of para-hydroxylation sites is 1. The molecule has 0 saturated carbocycles. The lowest BCUT2D eigenvalue weighted by molar-refractivity contribution is -0.113. The molecule has 0 aliphatic heterocycles. The summed E-state index contributed by atoms with van der Waals surface area (Å²) < 4.78 is 25.9. The number of halogens is 3. The van der Waals surface area contributed by atoms with Gasteiger partial charge in [-0.15, -0.1) is 11.8 Å². The molecule has 0 spiro atoms. The summed E-state index contributed by atoms with van der Waals surface area (Å²) in [6.45, 7) is 0. The van der Waals surface area contributed by atoms with E-state index in [1.165, 1.54) is 11.8 Å². The summed E-state index contributed by atoms with van der Waals surface area (Å²) in [5, 5.41) is 2.67. The summed E-state index contributed by atoms with van der Waals surface area (Å²) in [6.07, 6.45) is 0. The molecule has 116 valence electrons. The minimum atomic E-state index is -2.52. The van der Waals surface area contributed by atoms with Crippen molar-refractivity contribution in [1.29, 1.82) is 0 Å². The molecule has 2 nitrogen and oxygen atoms in total. The number of nitrogens with one attached hydrogen (secondary N) is 1. The summed E-state index contributed by atoms with van der Waals surface area (Å²) in [6, 6.07) is 14.2. The maximum Gasteiger partial charge on any atom is 0.288 e. The van der Waals surface area contributed by atoms with E-state index in [4.69, 9.17) is 0 Å². The molecule has 0 unspecified atom stereocenters. The molecule has 0 radical (unpaired) electrons. The highest BCUT2D eigenvalue weighted by Gasteiger charge is 2.11. The summed E-state index contributed by atoms with van der Waals surface area (Å²) in [7, 11) is 0. The molecule has 0 aliphatic carbocycles. The topological polar surface area (TPSA) is 29.1 Å². The largest absolute Gasteiger partial charge is 0.324 e. The Morgan fingerprint density at radius 2 is 1.82 bits per heavy atom. The summed E-state index contributed by atoms with van der Waals surface area (Å²) >= 11 is 5.16. The second-order valence-corrected chi connectivity index (χ2v) is 7.16. The summed E-state index contributed by atoms with van der Waals surface area (Å²) in [5.74, 6) is -2.53. The van der Waals surface area contributed by atoms with Gasteiger partial charge < -0.3 is 5.32 Å². The lowest BCUT2D eigenvalue weighted by Gasteiger charge is -2.10. The number of carbonyl (C=O) groups excluding carboxylic acids is 1. The maximum absolute atomic E-state index is 12.5. The molecule has 0 aromatic heterocycles. The Hall–Kier alpha value is -1.05. The quantitative estimate of drug-likeness (QED) is 0.646. The van der Waals surface area contributed by atoms with E-state index >= 15 is 0 Å². The Morgan fingerprint density at radius 3 is 2.50 bits per heavy atom. The zero-order valence-electron chi connectivity index (χ0n) is 11.3. The highest BCUT2D eigenvalue weighted by atomic mass is 79.9. The molecule has 1 N–H and O–H groups in total. The van der Waals surface area contributed by atoms with Crippen LogP contribution in [0.2, 0.25) is 0 Å². The number of thioether (sulfide) groups is 2. The zero-order chi connectivity index (χ0) is 15.9. The van der Waals surface area contributed by atoms with E-state index in [1.807, 2.05) is 24.3 Å². The third-order valence-corrected chi connectivity index (χ3v) is 4.89. The van der Waals surface area contributed by atoms with Gasteiger partial charge in [0.25, 0.3) is 5.76 Å². The minimum absolute atomic E-state index is 0.218. The van der Waals surface area contributed by atoms with Crippen LogP contribution in [0.25, 0.3) is 0 Å². The van der Waals surface area contributed by atoms with Crippen LogP contribution in [0.5, 0.6) is 0 Å². The fourth-order valence-electron chi connectivity index (χ4n) is 1.63. The van der Waals surface area contributed by atoms with Crippen molar-refractivity contribution in [3.05, 3.63) is 53.0 Å². The Kier molecular flexibility index (Phi) is 6.72. The summed E-state index contributed by atoms with van der Waals surface area (Å²) in [4.78, 5) is 13.3. The van der Waals surface area contributed by atoms with Gasteiger partial charge in [0.1, 0.15) is 0 Å². The molecule has 2 aromatic rings. The van der Waals surface area contributed by atoms with Crippen molar-refractivity contribution < 1.29 is 13.6 Å². The molecule has 22 heavy (non-hydrogen) atoms. The molecule has 2 aromatic carbocycles. The van der Waals surface area contributed by atoms with Gasteiger partial charge in [-0.3, -0.25) is 4.79 Å². The predicted octanol–water partition coefficient (Wildman–Crippen LogP) is 5.49. The molecular weight excluding hydrogens is 392 g/mol. The van der Waals surface area contributed by atoms with Crippen LogP contribution < -0.4 is 5.32 Å². The van der Waals surface area contributed by atoms with Crippen molar-refractivity contribution in [1.82, 2.24) is 0 Å². The van der Waals surface area contributed by atoms with Gasteiger partial charge in [0.05, 0.1) is 11.4 Å². The smallest absolute Gasteiger partial charge is 0.288 e. The van der Waals surface area contributed by atoms with Crippen molar-refractivity contribution in [3.63, 3.8) is 0 Å². The van der Waals surface area contributed by atoms with Gasteiger partial charge in [-0.25, -0.2) is 0 Å². The molecule has 0 fully saturated rings. The Labute approximate surface area is 144 Å². The van der Waals surface area contributed by atoms with Crippen molar-refractivity contribution in [2.75, 3.05) is 11.1 Å². The lowest BCUT2D eigenvalue weighted by atomic mass is 10.3. The van der Waals surface area contributed by atoms with Crippen LogP contribution in [0.1, 0.15) is 0 Å². The third-order valence-electron chi connectivity index (χ3n) is 2.56. The number of benzene rings is 2. The van der Waals surface area contributed by atoms with Crippen molar-refractivity contribution in [2.45, 2.75) is 15.5 Å². The average Bonchev–Trinajstić information content (AvgIpc) is 2.48. The fraction of sp³-hybridized carbons (Fsp3) is 0.133. The van der Waals surface area contributed by atoms with Crippen LogP contribution in [-0.2, 0) is 4.79 Å². The monoisotopic (exact) mass is 403 g/mol. The van der Waals surface area contributed by atoms with Crippen molar-refractivity contribution >= 4 is 51.0 Å². The molecule has 0 saturated heterocycles. The zero-order valence-corrected chi connectivity index (χ0v) is 14.5. The predicted molar refractivity (Wildman–Crippen MR) is 91.8 cm³/mol. The van der Waals surface area contributed by atoms with Gasteiger partial charge in [-0.2, -0.15) is 8.78 Å². The normalized spacial score (nSPS) is 10.7. The van der Waals surface area contributed by atoms with Gasteiger partial charge >= 0.3 is 0 Å². The first-order valence-electron chi connectivity index (χ1n) is 6.26. The molecule has 0 aliphatic rings. The minimum Gasteiger partial charge on any atom is -0.324 e. The summed E-state index contributed by atoms with van der Waals surface area (Å²) in [5.41, 5.74) is 0.411. The van der Waals surface area contributed by atoms with E-state index in [9.17, 15) is 13.6 Å². The number of rotatable bonds is 6. The van der Waals surface area contributed by atoms with Gasteiger partial charge in [0.15, 0.2) is 0 Å². The van der Waals surface area contributed by atoms with E-state index in [2.05, 4.69) is 21.2 Å². The highest BCUT2D eigenvalue weighted by molar-refractivity contribution is 9.10. The Balaban J connectivity index is 1.93. The Bertz CT molecular complexity index is 638. The number of anilines is 1.